The van der Waals surface area contributed by atoms with E-state index in [-0.39, 0.29) is 5.82 Å². The van der Waals surface area contributed by atoms with Gasteiger partial charge in [-0.05, 0) is 31.2 Å². The fourth-order valence-corrected chi connectivity index (χ4v) is 3.36. The van der Waals surface area contributed by atoms with Gasteiger partial charge in [-0.25, -0.2) is 4.39 Å². The Morgan fingerprint density at radius 3 is 2.35 bits per heavy atom. The van der Waals surface area contributed by atoms with E-state index in [4.69, 9.17) is 0 Å². The number of anilines is 1. The zero-order valence-corrected chi connectivity index (χ0v) is 12.8. The first-order valence-electron chi connectivity index (χ1n) is 7.74. The van der Waals surface area contributed by atoms with E-state index >= 15 is 0 Å². The largest absolute Gasteiger partial charge is 0.389 e. The van der Waals surface area contributed by atoms with Crippen LogP contribution >= 0.6 is 0 Å². The zero-order chi connectivity index (χ0) is 14.8. The topological polar surface area (TPSA) is 23.5 Å². The number of aliphatic hydroxyl groups is 1. The van der Waals surface area contributed by atoms with E-state index in [0.717, 1.165) is 25.9 Å². The Balaban J connectivity index is 2.23. The third-order valence-electron chi connectivity index (χ3n) is 5.11. The first-order chi connectivity index (χ1) is 9.53. The maximum absolute atomic E-state index is 14.2. The van der Waals surface area contributed by atoms with E-state index in [0.29, 0.717) is 16.7 Å². The first-order valence-corrected chi connectivity index (χ1v) is 7.74. The molecule has 1 aliphatic heterocycles. The summed E-state index contributed by atoms with van der Waals surface area (Å²) >= 11 is 0. The minimum atomic E-state index is -0.635. The molecule has 1 N–H and O–H groups in total. The molecule has 1 aromatic carbocycles. The van der Waals surface area contributed by atoms with Gasteiger partial charge in [-0.1, -0.05) is 38.8 Å². The fraction of sp³-hybridized carbons (Fsp3) is 0.647. The van der Waals surface area contributed by atoms with Gasteiger partial charge >= 0.3 is 0 Å². The standard InChI is InChI=1S/C17H26FNO/c1-4-17(5-2)9-11-19(12-10-17)16-14(13(3)20)7-6-8-15(16)18/h6-8,13,20H,4-5,9-12H2,1-3H3. The molecule has 0 spiro atoms. The lowest BCUT2D eigenvalue weighted by atomic mass is 9.74. The highest BCUT2D eigenvalue weighted by molar-refractivity contribution is 5.56. The van der Waals surface area contributed by atoms with Gasteiger partial charge in [0.1, 0.15) is 5.82 Å². The van der Waals surface area contributed by atoms with Crippen LogP contribution in [0.15, 0.2) is 18.2 Å². The second-order valence-corrected chi connectivity index (χ2v) is 6.05. The van der Waals surface area contributed by atoms with Crippen LogP contribution in [0.5, 0.6) is 0 Å². The average molecular weight is 279 g/mol. The molecule has 1 aromatic rings. The Kier molecular flexibility index (Phi) is 4.69. The van der Waals surface area contributed by atoms with E-state index in [2.05, 4.69) is 18.7 Å². The van der Waals surface area contributed by atoms with Gasteiger partial charge in [0.2, 0.25) is 0 Å². The lowest BCUT2D eigenvalue weighted by Gasteiger charge is -2.42. The van der Waals surface area contributed by atoms with Crippen LogP contribution in [0.2, 0.25) is 0 Å². The van der Waals surface area contributed by atoms with Crippen molar-refractivity contribution >= 4 is 5.69 Å². The van der Waals surface area contributed by atoms with Gasteiger partial charge in [0.15, 0.2) is 0 Å². The Morgan fingerprint density at radius 1 is 1.25 bits per heavy atom. The molecule has 1 heterocycles. The molecule has 1 aliphatic rings. The summed E-state index contributed by atoms with van der Waals surface area (Å²) in [6, 6.07) is 4.99. The molecule has 20 heavy (non-hydrogen) atoms. The molecule has 3 heteroatoms. The molecule has 0 amide bonds. The van der Waals surface area contributed by atoms with Gasteiger partial charge in [-0.15, -0.1) is 0 Å². The van der Waals surface area contributed by atoms with Gasteiger partial charge < -0.3 is 10.0 Å². The third-order valence-corrected chi connectivity index (χ3v) is 5.11. The van der Waals surface area contributed by atoms with Crippen molar-refractivity contribution in [2.24, 2.45) is 5.41 Å². The lowest BCUT2D eigenvalue weighted by molar-refractivity contribution is 0.192. The van der Waals surface area contributed by atoms with Crippen molar-refractivity contribution in [1.82, 2.24) is 0 Å². The van der Waals surface area contributed by atoms with Crippen molar-refractivity contribution < 1.29 is 9.50 Å². The van der Waals surface area contributed by atoms with Gasteiger partial charge in [0.05, 0.1) is 11.8 Å². The molecule has 2 nitrogen and oxygen atoms in total. The molecular weight excluding hydrogens is 253 g/mol. The second-order valence-electron chi connectivity index (χ2n) is 6.05. The maximum Gasteiger partial charge on any atom is 0.146 e. The van der Waals surface area contributed by atoms with Crippen LogP contribution < -0.4 is 4.90 Å². The highest BCUT2D eigenvalue weighted by Crippen LogP contribution is 2.40. The fourth-order valence-electron chi connectivity index (χ4n) is 3.36. The molecule has 1 unspecified atom stereocenters. The first kappa shape index (κ1) is 15.3. The molecule has 112 valence electrons. The summed E-state index contributed by atoms with van der Waals surface area (Å²) in [5, 5.41) is 9.86. The number of hydrogen-bond acceptors (Lipinski definition) is 2. The van der Waals surface area contributed by atoms with Gasteiger partial charge in [0, 0.05) is 18.7 Å². The summed E-state index contributed by atoms with van der Waals surface area (Å²) in [5.41, 5.74) is 1.72. The molecular formula is C17H26FNO. The summed E-state index contributed by atoms with van der Waals surface area (Å²) in [6.45, 7) is 7.96. The Hall–Kier alpha value is -1.09. The second kappa shape index (κ2) is 6.13. The smallest absolute Gasteiger partial charge is 0.146 e. The highest BCUT2D eigenvalue weighted by Gasteiger charge is 2.32. The molecule has 0 aromatic heterocycles. The third kappa shape index (κ3) is 2.83. The number of hydrogen-bond donors (Lipinski definition) is 1. The predicted octanol–water partition coefficient (Wildman–Crippen LogP) is 4.29. The summed E-state index contributed by atoms with van der Waals surface area (Å²) in [6.07, 6.45) is 3.96. The van der Waals surface area contributed by atoms with E-state index in [1.54, 1.807) is 13.0 Å². The molecule has 1 fully saturated rings. The van der Waals surface area contributed by atoms with Gasteiger partial charge in [-0.3, -0.25) is 0 Å². The van der Waals surface area contributed by atoms with E-state index in [1.807, 2.05) is 6.07 Å². The molecule has 1 atom stereocenters. The van der Waals surface area contributed by atoms with Crippen molar-refractivity contribution in [3.05, 3.63) is 29.6 Å². The average Bonchev–Trinajstić information content (AvgIpc) is 2.47. The summed E-state index contributed by atoms with van der Waals surface area (Å²) < 4.78 is 14.2. The minimum absolute atomic E-state index is 0.219. The highest BCUT2D eigenvalue weighted by atomic mass is 19.1. The Bertz CT molecular complexity index is 444. The number of nitrogens with zero attached hydrogens (tertiary/aromatic N) is 1. The maximum atomic E-state index is 14.2. The van der Waals surface area contributed by atoms with E-state index in [1.165, 1.54) is 18.9 Å². The lowest BCUT2D eigenvalue weighted by Crippen LogP contribution is -2.40. The molecule has 0 aliphatic carbocycles. The monoisotopic (exact) mass is 279 g/mol. The summed E-state index contributed by atoms with van der Waals surface area (Å²) in [4.78, 5) is 2.11. The molecule has 0 radical (unpaired) electrons. The number of halogens is 1. The Morgan fingerprint density at radius 2 is 1.85 bits per heavy atom. The van der Waals surface area contributed by atoms with Crippen molar-refractivity contribution in [2.45, 2.75) is 52.6 Å². The van der Waals surface area contributed by atoms with Crippen LogP contribution in [0.25, 0.3) is 0 Å². The van der Waals surface area contributed by atoms with Crippen molar-refractivity contribution in [3.8, 4) is 0 Å². The quantitative estimate of drug-likeness (QED) is 0.889. The Labute approximate surface area is 121 Å². The SMILES string of the molecule is CCC1(CC)CCN(c2c(F)cccc2C(C)O)CC1. The number of piperidine rings is 1. The minimum Gasteiger partial charge on any atom is -0.389 e. The van der Waals surface area contributed by atoms with Crippen LogP contribution in [0.4, 0.5) is 10.1 Å². The van der Waals surface area contributed by atoms with E-state index in [9.17, 15) is 9.50 Å². The molecule has 2 rings (SSSR count). The van der Waals surface area contributed by atoms with Crippen molar-refractivity contribution in [1.29, 1.82) is 0 Å². The van der Waals surface area contributed by atoms with E-state index < -0.39 is 6.10 Å². The summed E-state index contributed by atoms with van der Waals surface area (Å²) in [5.74, 6) is -0.219. The van der Waals surface area contributed by atoms with Gasteiger partial charge in [-0.2, -0.15) is 0 Å². The van der Waals surface area contributed by atoms with Crippen LogP contribution in [-0.2, 0) is 0 Å². The van der Waals surface area contributed by atoms with Crippen molar-refractivity contribution in [2.75, 3.05) is 18.0 Å². The van der Waals surface area contributed by atoms with Crippen LogP contribution in [-0.4, -0.2) is 18.2 Å². The molecule has 1 saturated heterocycles. The molecule has 0 saturated carbocycles. The van der Waals surface area contributed by atoms with Crippen LogP contribution in [0.1, 0.15) is 58.1 Å². The number of para-hydroxylation sites is 1. The van der Waals surface area contributed by atoms with Crippen LogP contribution in [0, 0.1) is 11.2 Å². The number of benzene rings is 1. The number of aliphatic hydroxyl groups excluding tert-OH is 1. The summed E-state index contributed by atoms with van der Waals surface area (Å²) in [7, 11) is 0. The zero-order valence-electron chi connectivity index (χ0n) is 12.8. The number of rotatable bonds is 4. The van der Waals surface area contributed by atoms with Gasteiger partial charge in [0.25, 0.3) is 0 Å². The molecule has 0 bridgehead atoms. The van der Waals surface area contributed by atoms with Crippen molar-refractivity contribution in [3.63, 3.8) is 0 Å². The predicted molar refractivity (Wildman–Crippen MR) is 81.5 cm³/mol. The van der Waals surface area contributed by atoms with Crippen LogP contribution in [0.3, 0.4) is 0 Å². The normalized spacial score (nSPS) is 19.9.